The number of aromatic nitrogens is 2. The van der Waals surface area contributed by atoms with E-state index in [-0.39, 0.29) is 0 Å². The SMILES string of the molecule is Cc1nn(C)cc1CCNC(C)CC(C)C. The van der Waals surface area contributed by atoms with Crippen LogP contribution in [0.15, 0.2) is 6.20 Å². The second-order valence-corrected chi connectivity index (χ2v) is 5.15. The Balaban J connectivity index is 2.27. The molecule has 0 saturated carbocycles. The van der Waals surface area contributed by atoms with Crippen LogP contribution in [0.2, 0.25) is 0 Å². The highest BCUT2D eigenvalue weighted by Gasteiger charge is 2.06. The van der Waals surface area contributed by atoms with Crippen molar-refractivity contribution in [3.8, 4) is 0 Å². The lowest BCUT2D eigenvalue weighted by molar-refractivity contribution is 0.444. The Morgan fingerprint density at radius 1 is 1.38 bits per heavy atom. The average Bonchev–Trinajstić information content (AvgIpc) is 2.44. The summed E-state index contributed by atoms with van der Waals surface area (Å²) < 4.78 is 1.89. The van der Waals surface area contributed by atoms with E-state index in [1.807, 2.05) is 11.7 Å². The van der Waals surface area contributed by atoms with E-state index < -0.39 is 0 Å². The maximum Gasteiger partial charge on any atom is 0.0626 e. The van der Waals surface area contributed by atoms with E-state index in [2.05, 4.69) is 44.3 Å². The van der Waals surface area contributed by atoms with Gasteiger partial charge in [0, 0.05) is 19.3 Å². The van der Waals surface area contributed by atoms with Crippen molar-refractivity contribution in [3.05, 3.63) is 17.5 Å². The van der Waals surface area contributed by atoms with Gasteiger partial charge >= 0.3 is 0 Å². The first-order valence-corrected chi connectivity index (χ1v) is 6.21. The highest BCUT2D eigenvalue weighted by molar-refractivity contribution is 5.15. The Morgan fingerprint density at radius 3 is 2.56 bits per heavy atom. The molecular formula is C13H25N3. The van der Waals surface area contributed by atoms with Gasteiger partial charge in [-0.25, -0.2) is 0 Å². The molecule has 0 fully saturated rings. The van der Waals surface area contributed by atoms with Gasteiger partial charge in [0.05, 0.1) is 5.69 Å². The van der Waals surface area contributed by atoms with Crippen LogP contribution in [0.1, 0.15) is 38.4 Å². The molecule has 0 bridgehead atoms. The molecule has 3 heteroatoms. The van der Waals surface area contributed by atoms with Crippen molar-refractivity contribution in [1.82, 2.24) is 15.1 Å². The van der Waals surface area contributed by atoms with Crippen LogP contribution in [0.25, 0.3) is 0 Å². The quantitative estimate of drug-likeness (QED) is 0.802. The summed E-state index contributed by atoms with van der Waals surface area (Å²) in [4.78, 5) is 0. The minimum absolute atomic E-state index is 0.608. The molecule has 3 nitrogen and oxygen atoms in total. The third kappa shape index (κ3) is 4.35. The fourth-order valence-electron chi connectivity index (χ4n) is 2.14. The van der Waals surface area contributed by atoms with Crippen LogP contribution in [0.4, 0.5) is 0 Å². The van der Waals surface area contributed by atoms with E-state index >= 15 is 0 Å². The summed E-state index contributed by atoms with van der Waals surface area (Å²) in [6, 6.07) is 0.608. The van der Waals surface area contributed by atoms with Crippen LogP contribution in [-0.2, 0) is 13.5 Å². The molecule has 1 N–H and O–H groups in total. The standard InChI is InChI=1S/C13H25N3/c1-10(2)8-11(3)14-7-6-13-9-16(5)15-12(13)4/h9-11,14H,6-8H2,1-5H3. The third-order valence-electron chi connectivity index (χ3n) is 2.83. The molecule has 0 saturated heterocycles. The molecule has 16 heavy (non-hydrogen) atoms. The largest absolute Gasteiger partial charge is 0.314 e. The van der Waals surface area contributed by atoms with Crippen LogP contribution in [-0.4, -0.2) is 22.4 Å². The Bertz CT molecular complexity index is 315. The highest BCUT2D eigenvalue weighted by Crippen LogP contribution is 2.06. The molecule has 92 valence electrons. The molecule has 0 amide bonds. The minimum Gasteiger partial charge on any atom is -0.314 e. The monoisotopic (exact) mass is 223 g/mol. The molecule has 0 aliphatic rings. The van der Waals surface area contributed by atoms with Gasteiger partial charge in [-0.1, -0.05) is 13.8 Å². The van der Waals surface area contributed by atoms with Crippen molar-refractivity contribution in [3.63, 3.8) is 0 Å². The van der Waals surface area contributed by atoms with Gasteiger partial charge in [0.15, 0.2) is 0 Å². The molecule has 0 aliphatic heterocycles. The second kappa shape index (κ2) is 6.04. The summed E-state index contributed by atoms with van der Waals surface area (Å²) in [6.45, 7) is 9.91. The zero-order valence-corrected chi connectivity index (χ0v) is 11.2. The summed E-state index contributed by atoms with van der Waals surface area (Å²) >= 11 is 0. The first kappa shape index (κ1) is 13.2. The second-order valence-electron chi connectivity index (χ2n) is 5.15. The number of nitrogens with zero attached hydrogens (tertiary/aromatic N) is 2. The molecule has 1 aromatic heterocycles. The fraction of sp³-hybridized carbons (Fsp3) is 0.769. The van der Waals surface area contributed by atoms with Gasteiger partial charge in [0.1, 0.15) is 0 Å². The van der Waals surface area contributed by atoms with E-state index in [1.54, 1.807) is 0 Å². The molecule has 1 unspecified atom stereocenters. The topological polar surface area (TPSA) is 29.9 Å². The highest BCUT2D eigenvalue weighted by atomic mass is 15.2. The summed E-state index contributed by atoms with van der Waals surface area (Å²) in [5.74, 6) is 0.766. The van der Waals surface area contributed by atoms with Crippen molar-refractivity contribution in [1.29, 1.82) is 0 Å². The molecule has 1 heterocycles. The first-order valence-electron chi connectivity index (χ1n) is 6.21. The van der Waals surface area contributed by atoms with Crippen molar-refractivity contribution >= 4 is 0 Å². The minimum atomic E-state index is 0.608. The first-order chi connectivity index (χ1) is 7.49. The zero-order chi connectivity index (χ0) is 12.1. The Kier molecular flexibility index (Phi) is 5.00. The van der Waals surface area contributed by atoms with E-state index in [0.717, 1.165) is 24.6 Å². The number of nitrogens with one attached hydrogen (secondary N) is 1. The van der Waals surface area contributed by atoms with E-state index in [1.165, 1.54) is 12.0 Å². The van der Waals surface area contributed by atoms with Gasteiger partial charge in [0.25, 0.3) is 0 Å². The Morgan fingerprint density at radius 2 is 2.06 bits per heavy atom. The van der Waals surface area contributed by atoms with Gasteiger partial charge in [-0.2, -0.15) is 5.10 Å². The molecule has 0 radical (unpaired) electrons. The Labute approximate surface area is 99.2 Å². The summed E-state index contributed by atoms with van der Waals surface area (Å²) in [5.41, 5.74) is 2.51. The maximum absolute atomic E-state index is 4.35. The van der Waals surface area contributed by atoms with E-state index in [4.69, 9.17) is 0 Å². The van der Waals surface area contributed by atoms with Crippen molar-refractivity contribution < 1.29 is 0 Å². The van der Waals surface area contributed by atoms with E-state index in [0.29, 0.717) is 6.04 Å². The fourth-order valence-corrected chi connectivity index (χ4v) is 2.14. The lowest BCUT2D eigenvalue weighted by Gasteiger charge is -2.15. The summed E-state index contributed by atoms with van der Waals surface area (Å²) in [7, 11) is 1.98. The lowest BCUT2D eigenvalue weighted by Crippen LogP contribution is -2.29. The number of hydrogen-bond acceptors (Lipinski definition) is 2. The zero-order valence-electron chi connectivity index (χ0n) is 11.2. The van der Waals surface area contributed by atoms with Crippen LogP contribution in [0.3, 0.4) is 0 Å². The van der Waals surface area contributed by atoms with Crippen molar-refractivity contribution in [2.45, 2.75) is 46.6 Å². The predicted octanol–water partition coefficient (Wildman–Crippen LogP) is 2.30. The van der Waals surface area contributed by atoms with Crippen LogP contribution >= 0.6 is 0 Å². The summed E-state index contributed by atoms with van der Waals surface area (Å²) in [5, 5.41) is 7.91. The van der Waals surface area contributed by atoms with Crippen LogP contribution in [0.5, 0.6) is 0 Å². The molecule has 1 rings (SSSR count). The number of aryl methyl sites for hydroxylation is 2. The molecule has 1 aromatic rings. The van der Waals surface area contributed by atoms with Gasteiger partial charge in [0.2, 0.25) is 0 Å². The molecule has 1 atom stereocenters. The number of hydrogen-bond donors (Lipinski definition) is 1. The van der Waals surface area contributed by atoms with Gasteiger partial charge < -0.3 is 5.32 Å². The molecular weight excluding hydrogens is 198 g/mol. The maximum atomic E-state index is 4.35. The number of rotatable bonds is 6. The molecule has 0 aromatic carbocycles. The average molecular weight is 223 g/mol. The molecule has 0 spiro atoms. The van der Waals surface area contributed by atoms with Crippen molar-refractivity contribution in [2.75, 3.05) is 6.54 Å². The van der Waals surface area contributed by atoms with Gasteiger partial charge in [-0.15, -0.1) is 0 Å². The van der Waals surface area contributed by atoms with E-state index in [9.17, 15) is 0 Å². The van der Waals surface area contributed by atoms with Gasteiger partial charge in [-0.3, -0.25) is 4.68 Å². The van der Waals surface area contributed by atoms with Crippen molar-refractivity contribution in [2.24, 2.45) is 13.0 Å². The third-order valence-corrected chi connectivity index (χ3v) is 2.83. The summed E-state index contributed by atoms with van der Waals surface area (Å²) in [6.07, 6.45) is 4.43. The molecule has 0 aliphatic carbocycles. The normalized spacial score (nSPS) is 13.4. The van der Waals surface area contributed by atoms with Crippen LogP contribution in [0, 0.1) is 12.8 Å². The van der Waals surface area contributed by atoms with Gasteiger partial charge in [-0.05, 0) is 44.7 Å². The van der Waals surface area contributed by atoms with Crippen LogP contribution < -0.4 is 5.32 Å². The Hall–Kier alpha value is -0.830. The lowest BCUT2D eigenvalue weighted by atomic mass is 10.1. The smallest absolute Gasteiger partial charge is 0.0626 e. The predicted molar refractivity (Wildman–Crippen MR) is 68.6 cm³/mol.